The van der Waals surface area contributed by atoms with Gasteiger partial charge in [0.05, 0.1) is 36.8 Å². The minimum absolute atomic E-state index is 0.00503. The van der Waals surface area contributed by atoms with E-state index >= 15 is 0 Å². The summed E-state index contributed by atoms with van der Waals surface area (Å²) in [7, 11) is -0.888. The van der Waals surface area contributed by atoms with Gasteiger partial charge in [-0.1, -0.05) is 6.92 Å². The normalized spacial score (nSPS) is 18.2. The van der Waals surface area contributed by atoms with Crippen LogP contribution in [0.4, 0.5) is 5.69 Å². The lowest BCUT2D eigenvalue weighted by atomic mass is 9.99. The fourth-order valence-electron chi connectivity index (χ4n) is 4.40. The number of aromatic nitrogens is 4. The average Bonchev–Trinajstić information content (AvgIpc) is 3.47. The van der Waals surface area contributed by atoms with Gasteiger partial charge >= 0.3 is 0 Å². The van der Waals surface area contributed by atoms with E-state index in [0.717, 1.165) is 0 Å². The summed E-state index contributed by atoms with van der Waals surface area (Å²) < 4.78 is 40.5. The zero-order valence-corrected chi connectivity index (χ0v) is 24.0. The minimum Gasteiger partial charge on any atom is -0.497 e. The number of nitrogens with zero attached hydrogens (tertiary/aromatic N) is 6. The number of nitrogens with one attached hydrogen (secondary N) is 1. The van der Waals surface area contributed by atoms with Gasteiger partial charge in [-0.25, -0.2) is 13.1 Å². The topological polar surface area (TPSA) is 169 Å². The summed E-state index contributed by atoms with van der Waals surface area (Å²) in [4.78, 5) is 27.7. The van der Waals surface area contributed by atoms with Gasteiger partial charge in [-0.05, 0) is 59.8 Å². The Balaban J connectivity index is 1.61. The smallest absolute Gasteiger partial charge is 0.258 e. The number of aliphatic hydroxyl groups excluding tert-OH is 1. The molecular formula is C26H33N7O7S. The second kappa shape index (κ2) is 12.6. The minimum atomic E-state index is -3.86. The molecule has 1 aliphatic heterocycles. The highest BCUT2D eigenvalue weighted by Crippen LogP contribution is 2.31. The van der Waals surface area contributed by atoms with E-state index in [2.05, 4.69) is 20.8 Å². The molecule has 0 saturated heterocycles. The summed E-state index contributed by atoms with van der Waals surface area (Å²) in [6, 6.07) is 10.2. The van der Waals surface area contributed by atoms with Crippen LogP contribution in [0.5, 0.6) is 11.5 Å². The predicted molar refractivity (Wildman–Crippen MR) is 147 cm³/mol. The number of hydrogen-bond donors (Lipinski definition) is 2. The highest BCUT2D eigenvalue weighted by atomic mass is 32.2. The van der Waals surface area contributed by atoms with Gasteiger partial charge in [-0.3, -0.25) is 9.59 Å². The van der Waals surface area contributed by atoms with E-state index in [1.807, 2.05) is 6.92 Å². The van der Waals surface area contributed by atoms with Crippen molar-refractivity contribution in [1.82, 2.24) is 29.4 Å². The fourth-order valence-corrected chi connectivity index (χ4v) is 5.58. The Kier molecular flexibility index (Phi) is 9.20. The highest BCUT2D eigenvalue weighted by molar-refractivity contribution is 7.89. The molecule has 1 aliphatic rings. The maximum Gasteiger partial charge on any atom is 0.258 e. The Hall–Kier alpha value is -4.08. The monoisotopic (exact) mass is 587 g/mol. The maximum absolute atomic E-state index is 13.6. The van der Waals surface area contributed by atoms with Gasteiger partial charge in [0.25, 0.3) is 5.91 Å². The van der Waals surface area contributed by atoms with Crippen molar-refractivity contribution in [2.24, 2.45) is 5.92 Å². The van der Waals surface area contributed by atoms with E-state index in [4.69, 9.17) is 9.47 Å². The average molecular weight is 588 g/mol. The van der Waals surface area contributed by atoms with Crippen molar-refractivity contribution in [3.63, 3.8) is 0 Å². The van der Waals surface area contributed by atoms with Crippen molar-refractivity contribution in [3.8, 4) is 11.5 Å². The Morgan fingerprint density at radius 3 is 2.63 bits per heavy atom. The number of tetrazole rings is 1. The molecule has 2 N–H and O–H groups in total. The van der Waals surface area contributed by atoms with Gasteiger partial charge in [0.15, 0.2) is 0 Å². The van der Waals surface area contributed by atoms with Crippen molar-refractivity contribution in [2.75, 3.05) is 39.2 Å². The second-order valence-corrected chi connectivity index (χ2v) is 11.9. The van der Waals surface area contributed by atoms with Crippen LogP contribution in [0, 0.1) is 5.92 Å². The lowest BCUT2D eigenvalue weighted by Crippen LogP contribution is -2.50. The maximum atomic E-state index is 13.6. The predicted octanol–water partition coefficient (Wildman–Crippen LogP) is 0.861. The molecule has 0 unspecified atom stereocenters. The third kappa shape index (κ3) is 6.81. The molecule has 0 saturated carbocycles. The van der Waals surface area contributed by atoms with Crippen molar-refractivity contribution >= 4 is 27.5 Å². The molecule has 2 amide bonds. The highest BCUT2D eigenvalue weighted by Gasteiger charge is 2.35. The number of fused-ring (bicyclic) bond motifs is 1. The van der Waals surface area contributed by atoms with E-state index in [-0.39, 0.29) is 54.3 Å². The molecular weight excluding hydrogens is 554 g/mol. The molecule has 0 fully saturated rings. The molecule has 3 atom stereocenters. The number of methoxy groups -OCH3 is 1. The number of benzene rings is 2. The van der Waals surface area contributed by atoms with Gasteiger partial charge in [0.2, 0.25) is 15.9 Å². The number of rotatable bonds is 10. The van der Waals surface area contributed by atoms with E-state index in [1.54, 1.807) is 31.2 Å². The Labute approximate surface area is 237 Å². The molecule has 220 valence electrons. The molecule has 0 bridgehead atoms. The lowest BCUT2D eigenvalue weighted by molar-refractivity contribution is -0.116. The van der Waals surface area contributed by atoms with Crippen molar-refractivity contribution in [2.45, 2.75) is 37.4 Å². The molecule has 14 nitrogen and oxygen atoms in total. The number of likely N-dealkylation sites (N-methyl/N-ethyl adjacent to an activating group) is 1. The van der Waals surface area contributed by atoms with Crippen LogP contribution in [0.3, 0.4) is 0 Å². The Morgan fingerprint density at radius 1 is 1.27 bits per heavy atom. The molecule has 3 aromatic rings. The van der Waals surface area contributed by atoms with Crippen LogP contribution >= 0.6 is 0 Å². The van der Waals surface area contributed by atoms with Crippen molar-refractivity contribution in [1.29, 1.82) is 0 Å². The molecule has 0 spiro atoms. The summed E-state index contributed by atoms with van der Waals surface area (Å²) >= 11 is 0. The Morgan fingerprint density at radius 2 is 2.00 bits per heavy atom. The number of ether oxygens (including phenoxy) is 2. The van der Waals surface area contributed by atoms with Crippen LogP contribution in [0.15, 0.2) is 53.7 Å². The van der Waals surface area contributed by atoms with E-state index < -0.39 is 28.1 Å². The SMILES string of the molecule is COc1ccc(S(=O)(=O)N(C)C[C@H]2Oc3ccc(NC(=O)Cn4cnnn4)cc3C(=O)N([C@H](C)CO)C[C@@H]2C)cc1. The quantitative estimate of drug-likeness (QED) is 0.347. The third-order valence-electron chi connectivity index (χ3n) is 6.85. The summed E-state index contributed by atoms with van der Waals surface area (Å²) in [6.07, 6.45) is 0.659. The summed E-state index contributed by atoms with van der Waals surface area (Å²) in [5, 5.41) is 23.2. The van der Waals surface area contributed by atoms with E-state index in [9.17, 15) is 23.1 Å². The number of sulfonamides is 1. The summed E-state index contributed by atoms with van der Waals surface area (Å²) in [5.74, 6) is -0.328. The van der Waals surface area contributed by atoms with Crippen molar-refractivity contribution in [3.05, 3.63) is 54.4 Å². The molecule has 2 heterocycles. The number of carbonyl (C=O) groups excluding carboxylic acids is 2. The summed E-state index contributed by atoms with van der Waals surface area (Å²) in [6.45, 7) is 3.39. The van der Waals surface area contributed by atoms with Crippen LogP contribution in [0.1, 0.15) is 24.2 Å². The Bertz CT molecular complexity index is 1470. The molecule has 15 heteroatoms. The number of anilines is 1. The lowest BCUT2D eigenvalue weighted by Gasteiger charge is -2.38. The fraction of sp³-hybridized carbons (Fsp3) is 0.423. The van der Waals surface area contributed by atoms with Gasteiger partial charge < -0.3 is 24.8 Å². The standard InChI is InChI=1S/C26H33N7O7S/c1-17-12-33(18(2)15-34)26(36)22-11-19(28-25(35)14-32-16-27-29-30-32)5-10-23(22)40-24(17)13-31(3)41(37,38)21-8-6-20(39-4)7-9-21/h5-11,16-18,24,34H,12-15H2,1-4H3,(H,28,35)/t17-,18+,24+/m0/s1. The summed E-state index contributed by atoms with van der Waals surface area (Å²) in [5.41, 5.74) is 0.517. The molecule has 0 radical (unpaired) electrons. The van der Waals surface area contributed by atoms with Gasteiger partial charge in [0, 0.05) is 25.2 Å². The zero-order chi connectivity index (χ0) is 29.7. The largest absolute Gasteiger partial charge is 0.497 e. The van der Waals surface area contributed by atoms with Crippen LogP contribution < -0.4 is 14.8 Å². The van der Waals surface area contributed by atoms with Crippen LogP contribution in [-0.2, 0) is 21.4 Å². The number of hydrogen-bond acceptors (Lipinski definition) is 10. The number of amides is 2. The van der Waals surface area contributed by atoms with Crippen LogP contribution in [-0.4, -0.2) is 101 Å². The van der Waals surface area contributed by atoms with Gasteiger partial charge in [-0.2, -0.15) is 4.31 Å². The third-order valence-corrected chi connectivity index (χ3v) is 8.69. The first-order valence-corrected chi connectivity index (χ1v) is 14.3. The molecule has 0 aliphatic carbocycles. The first kappa shape index (κ1) is 29.9. The molecule has 2 aromatic carbocycles. The molecule has 1 aromatic heterocycles. The van der Waals surface area contributed by atoms with E-state index in [0.29, 0.717) is 11.4 Å². The zero-order valence-electron chi connectivity index (χ0n) is 23.2. The van der Waals surface area contributed by atoms with Crippen LogP contribution in [0.2, 0.25) is 0 Å². The first-order valence-electron chi connectivity index (χ1n) is 12.9. The van der Waals surface area contributed by atoms with Gasteiger partial charge in [0.1, 0.15) is 30.5 Å². The van der Waals surface area contributed by atoms with E-state index in [1.165, 1.54) is 52.6 Å². The molecule has 41 heavy (non-hydrogen) atoms. The van der Waals surface area contributed by atoms with Crippen LogP contribution in [0.25, 0.3) is 0 Å². The molecule has 4 rings (SSSR count). The first-order chi connectivity index (χ1) is 19.5. The number of aliphatic hydroxyl groups is 1. The van der Waals surface area contributed by atoms with Crippen molar-refractivity contribution < 1.29 is 32.6 Å². The van der Waals surface area contributed by atoms with Gasteiger partial charge in [-0.15, -0.1) is 5.10 Å². The number of carbonyl (C=O) groups is 2. The second-order valence-electron chi connectivity index (χ2n) is 9.85.